The molecule has 0 saturated carbocycles. The molecule has 1 aliphatic heterocycles. The smallest absolute Gasteiger partial charge is 0.257 e. The van der Waals surface area contributed by atoms with Gasteiger partial charge in [-0.25, -0.2) is 4.98 Å². The summed E-state index contributed by atoms with van der Waals surface area (Å²) in [5.74, 6) is -0.400. The number of fused-ring (bicyclic) bond motifs is 1. The Morgan fingerprint density at radius 3 is 2.82 bits per heavy atom. The predicted molar refractivity (Wildman–Crippen MR) is 150 cm³/mol. The molecule has 11 heteroatoms. The minimum absolute atomic E-state index is 0.0925. The molecule has 11 nitrogen and oxygen atoms in total. The van der Waals surface area contributed by atoms with Crippen molar-refractivity contribution in [3.63, 3.8) is 0 Å². The fourth-order valence-corrected chi connectivity index (χ4v) is 4.83. The van der Waals surface area contributed by atoms with Crippen LogP contribution in [0, 0.1) is 6.92 Å². The Balaban J connectivity index is 1.25. The number of ether oxygens (including phenoxy) is 1. The summed E-state index contributed by atoms with van der Waals surface area (Å²) in [5.41, 5.74) is 4.64. The minimum Gasteiger partial charge on any atom is -0.385 e. The average Bonchev–Trinajstić information content (AvgIpc) is 3.66. The number of pyridine rings is 2. The Labute approximate surface area is 227 Å². The summed E-state index contributed by atoms with van der Waals surface area (Å²) in [7, 11) is 1.69. The van der Waals surface area contributed by atoms with E-state index in [0.29, 0.717) is 47.5 Å². The minimum atomic E-state index is -0.308. The van der Waals surface area contributed by atoms with Crippen molar-refractivity contribution >= 4 is 34.2 Å². The molecule has 5 rings (SSSR count). The van der Waals surface area contributed by atoms with Crippen LogP contribution in [0.1, 0.15) is 42.2 Å². The van der Waals surface area contributed by atoms with E-state index >= 15 is 0 Å². The average molecular weight is 531 g/mol. The van der Waals surface area contributed by atoms with Crippen LogP contribution in [-0.2, 0) is 16.1 Å². The summed E-state index contributed by atoms with van der Waals surface area (Å²) in [6.07, 6.45) is 10.0. The number of amides is 2. The predicted octanol–water partition coefficient (Wildman–Crippen LogP) is 3.84. The van der Waals surface area contributed by atoms with Gasteiger partial charge in [-0.15, -0.1) is 0 Å². The molecule has 0 aliphatic carbocycles. The van der Waals surface area contributed by atoms with Crippen molar-refractivity contribution < 1.29 is 14.3 Å². The van der Waals surface area contributed by atoms with Gasteiger partial charge in [0.2, 0.25) is 5.91 Å². The molecule has 39 heavy (non-hydrogen) atoms. The lowest BCUT2D eigenvalue weighted by Gasteiger charge is -2.20. The number of hydrogen-bond donors (Lipinski definition) is 3. The van der Waals surface area contributed by atoms with Gasteiger partial charge < -0.3 is 20.4 Å². The molecule has 1 atom stereocenters. The molecule has 204 valence electrons. The summed E-state index contributed by atoms with van der Waals surface area (Å²) < 4.78 is 6.99. The quantitative estimate of drug-likeness (QED) is 0.266. The van der Waals surface area contributed by atoms with Gasteiger partial charge in [0.15, 0.2) is 0 Å². The number of nitrogens with zero attached hydrogens (tertiary/aromatic N) is 5. The van der Waals surface area contributed by atoms with E-state index in [1.54, 1.807) is 31.6 Å². The molecule has 0 aromatic carbocycles. The van der Waals surface area contributed by atoms with Crippen molar-refractivity contribution in [2.45, 2.75) is 45.7 Å². The van der Waals surface area contributed by atoms with Crippen LogP contribution < -0.4 is 10.6 Å². The van der Waals surface area contributed by atoms with Crippen LogP contribution in [0.3, 0.4) is 0 Å². The number of rotatable bonds is 10. The van der Waals surface area contributed by atoms with E-state index in [2.05, 4.69) is 42.5 Å². The summed E-state index contributed by atoms with van der Waals surface area (Å²) in [5, 5.41) is 11.0. The first-order chi connectivity index (χ1) is 18.9. The van der Waals surface area contributed by atoms with Crippen molar-refractivity contribution in [2.24, 2.45) is 0 Å². The summed E-state index contributed by atoms with van der Waals surface area (Å²) >= 11 is 0. The van der Waals surface area contributed by atoms with Gasteiger partial charge in [0.25, 0.3) is 5.91 Å². The first-order valence-electron chi connectivity index (χ1n) is 13.2. The van der Waals surface area contributed by atoms with Crippen LogP contribution in [0.25, 0.3) is 22.3 Å². The highest BCUT2D eigenvalue weighted by Crippen LogP contribution is 2.25. The SMILES string of the molecule is COCCCn1cc(-c2cc3cc(C(=O)Nc4cc(NC(=O)CN5CCC[C@@H]5C)cnc4C)cnc3[nH]2)cn1. The lowest BCUT2D eigenvalue weighted by molar-refractivity contribution is -0.117. The lowest BCUT2D eigenvalue weighted by atomic mass is 10.2. The number of anilines is 2. The summed E-state index contributed by atoms with van der Waals surface area (Å²) in [6.45, 7) is 6.68. The Hall–Kier alpha value is -4.09. The van der Waals surface area contributed by atoms with Crippen molar-refractivity contribution in [2.75, 3.05) is 37.4 Å². The number of hydrogen-bond acceptors (Lipinski definition) is 7. The molecule has 1 fully saturated rings. The fourth-order valence-electron chi connectivity index (χ4n) is 4.83. The van der Waals surface area contributed by atoms with Crippen molar-refractivity contribution in [1.82, 2.24) is 29.6 Å². The van der Waals surface area contributed by atoms with Crippen LogP contribution >= 0.6 is 0 Å². The van der Waals surface area contributed by atoms with E-state index in [1.165, 1.54) is 6.20 Å². The van der Waals surface area contributed by atoms with Gasteiger partial charge in [-0.1, -0.05) is 0 Å². The normalized spacial score (nSPS) is 15.6. The molecule has 4 aromatic heterocycles. The maximum absolute atomic E-state index is 13.1. The van der Waals surface area contributed by atoms with E-state index in [9.17, 15) is 9.59 Å². The third-order valence-electron chi connectivity index (χ3n) is 7.07. The highest BCUT2D eigenvalue weighted by atomic mass is 16.5. The zero-order valence-electron chi connectivity index (χ0n) is 22.5. The number of nitrogens with one attached hydrogen (secondary N) is 3. The molecule has 0 unspecified atom stereocenters. The van der Waals surface area contributed by atoms with Crippen LogP contribution in [0.4, 0.5) is 11.4 Å². The first-order valence-corrected chi connectivity index (χ1v) is 13.2. The molecule has 0 spiro atoms. The molecule has 2 amide bonds. The van der Waals surface area contributed by atoms with Gasteiger partial charge in [0.1, 0.15) is 5.65 Å². The monoisotopic (exact) mass is 530 g/mol. The number of likely N-dealkylation sites (tertiary alicyclic amines) is 1. The van der Waals surface area contributed by atoms with Crippen LogP contribution in [0.2, 0.25) is 0 Å². The van der Waals surface area contributed by atoms with E-state index in [1.807, 2.05) is 23.9 Å². The topological polar surface area (TPSA) is 130 Å². The van der Waals surface area contributed by atoms with Gasteiger partial charge in [-0.2, -0.15) is 5.10 Å². The third-order valence-corrected chi connectivity index (χ3v) is 7.07. The second-order valence-electron chi connectivity index (χ2n) is 10.0. The fraction of sp³-hybridized carbons (Fsp3) is 0.393. The van der Waals surface area contributed by atoms with Gasteiger partial charge in [0, 0.05) is 49.6 Å². The Kier molecular flexibility index (Phi) is 7.99. The maximum atomic E-state index is 13.1. The zero-order chi connectivity index (χ0) is 27.4. The van der Waals surface area contributed by atoms with Crippen molar-refractivity contribution in [3.05, 3.63) is 54.2 Å². The number of methoxy groups -OCH3 is 1. The number of carbonyl (C=O) groups excluding carboxylic acids is 2. The highest BCUT2D eigenvalue weighted by molar-refractivity contribution is 6.06. The maximum Gasteiger partial charge on any atom is 0.257 e. The highest BCUT2D eigenvalue weighted by Gasteiger charge is 2.22. The van der Waals surface area contributed by atoms with Crippen LogP contribution in [0.15, 0.2) is 43.0 Å². The lowest BCUT2D eigenvalue weighted by Crippen LogP contribution is -2.35. The second-order valence-corrected chi connectivity index (χ2v) is 10.0. The first kappa shape index (κ1) is 26.5. The standard InChI is InChI=1S/C28H34N8O3/c1-18-6-4-7-35(18)17-26(37)32-23-12-24(19(2)29-15-23)34-28(38)21-10-20-11-25(33-27(20)30-13-21)22-14-31-36(16-22)8-5-9-39-3/h10-16,18H,4-9,17H2,1-3H3,(H,30,33)(H,32,37)(H,34,38)/t18-/m0/s1. The van der Waals surface area contributed by atoms with Gasteiger partial charge >= 0.3 is 0 Å². The molecule has 4 aromatic rings. The van der Waals surface area contributed by atoms with Crippen molar-refractivity contribution in [3.8, 4) is 11.3 Å². The Bertz CT molecular complexity index is 1480. The molecule has 0 bridgehead atoms. The van der Waals surface area contributed by atoms with E-state index < -0.39 is 0 Å². The summed E-state index contributed by atoms with van der Waals surface area (Å²) in [4.78, 5) is 39.9. The number of aromatic nitrogens is 5. The second kappa shape index (κ2) is 11.7. The molecular weight excluding hydrogens is 496 g/mol. The molecule has 3 N–H and O–H groups in total. The number of carbonyl (C=O) groups is 2. The third kappa shape index (κ3) is 6.32. The van der Waals surface area contributed by atoms with E-state index in [4.69, 9.17) is 4.74 Å². The number of aryl methyl sites for hydroxylation is 2. The van der Waals surface area contributed by atoms with E-state index in [-0.39, 0.29) is 11.8 Å². The van der Waals surface area contributed by atoms with Gasteiger partial charge in [0.05, 0.1) is 47.3 Å². The molecule has 0 radical (unpaired) electrons. The molecular formula is C28H34N8O3. The summed E-state index contributed by atoms with van der Waals surface area (Å²) in [6, 6.07) is 5.90. The van der Waals surface area contributed by atoms with Crippen LogP contribution in [-0.4, -0.2) is 74.3 Å². The molecule has 5 heterocycles. The molecule has 1 saturated heterocycles. The van der Waals surface area contributed by atoms with Crippen LogP contribution in [0.5, 0.6) is 0 Å². The van der Waals surface area contributed by atoms with E-state index in [0.717, 1.165) is 49.0 Å². The van der Waals surface area contributed by atoms with Crippen molar-refractivity contribution in [1.29, 1.82) is 0 Å². The number of aromatic amines is 1. The largest absolute Gasteiger partial charge is 0.385 e. The zero-order valence-corrected chi connectivity index (χ0v) is 22.5. The number of H-pyrrole nitrogens is 1. The van der Waals surface area contributed by atoms with Gasteiger partial charge in [-0.3, -0.25) is 24.2 Å². The Morgan fingerprint density at radius 1 is 1.15 bits per heavy atom. The molecule has 1 aliphatic rings. The Morgan fingerprint density at radius 2 is 2.03 bits per heavy atom. The van der Waals surface area contributed by atoms with Gasteiger partial charge in [-0.05, 0) is 57.9 Å².